The molecule has 0 spiro atoms. The molecular weight excluding hydrogens is 395 g/mol. The van der Waals surface area contributed by atoms with Gasteiger partial charge in [-0.05, 0) is 17.7 Å². The zero-order valence-electron chi connectivity index (χ0n) is 13.9. The van der Waals surface area contributed by atoms with Gasteiger partial charge in [-0.3, -0.25) is 4.79 Å². The fraction of sp³-hybridized carbons (Fsp3) is 0.250. The Kier molecular flexibility index (Phi) is 9.22. The van der Waals surface area contributed by atoms with Crippen molar-refractivity contribution in [3.63, 3.8) is 0 Å². The van der Waals surface area contributed by atoms with Crippen molar-refractivity contribution in [2.75, 3.05) is 6.54 Å². The lowest BCUT2D eigenvalue weighted by Gasteiger charge is -2.06. The van der Waals surface area contributed by atoms with E-state index in [-0.39, 0.29) is 30.7 Å². The van der Waals surface area contributed by atoms with Gasteiger partial charge >= 0.3 is 0 Å². The molecule has 26 heavy (non-hydrogen) atoms. The Morgan fingerprint density at radius 1 is 1.19 bits per heavy atom. The highest BCUT2D eigenvalue weighted by atomic mass is 35.5. The van der Waals surface area contributed by atoms with Gasteiger partial charge in [0, 0.05) is 18.3 Å². The second kappa shape index (κ2) is 10.9. The molecule has 3 N–H and O–H groups in total. The Balaban J connectivity index is 0.00000169. The number of nitrogens with zero attached hydrogens (tertiary/aromatic N) is 4. The van der Waals surface area contributed by atoms with Crippen molar-refractivity contribution in [1.29, 1.82) is 0 Å². The van der Waals surface area contributed by atoms with Gasteiger partial charge in [0.1, 0.15) is 18.3 Å². The minimum atomic E-state index is -0.166. The second-order valence-electron chi connectivity index (χ2n) is 5.26. The second-order valence-corrected chi connectivity index (χ2v) is 6.20. The van der Waals surface area contributed by atoms with E-state index in [0.717, 1.165) is 16.1 Å². The van der Waals surface area contributed by atoms with E-state index in [2.05, 4.69) is 20.4 Å². The summed E-state index contributed by atoms with van der Waals surface area (Å²) in [4.78, 5) is 20.3. The van der Waals surface area contributed by atoms with Crippen LogP contribution < -0.4 is 11.1 Å². The van der Waals surface area contributed by atoms with Crippen molar-refractivity contribution in [2.45, 2.75) is 19.5 Å². The molecule has 140 valence electrons. The summed E-state index contributed by atoms with van der Waals surface area (Å²) in [6.07, 6.45) is 3.90. The number of benzene rings is 1. The first-order valence-corrected chi connectivity index (χ1v) is 8.45. The number of rotatable bonds is 7. The van der Waals surface area contributed by atoms with Crippen molar-refractivity contribution >= 4 is 42.1 Å². The van der Waals surface area contributed by atoms with Crippen LogP contribution in [0, 0.1) is 0 Å². The molecule has 3 rings (SSSR count). The maximum atomic E-state index is 12.1. The maximum absolute atomic E-state index is 12.1. The van der Waals surface area contributed by atoms with E-state index in [1.54, 1.807) is 16.4 Å². The van der Waals surface area contributed by atoms with Gasteiger partial charge in [-0.2, -0.15) is 5.10 Å². The average Bonchev–Trinajstić information content (AvgIpc) is 3.26. The van der Waals surface area contributed by atoms with E-state index in [1.165, 1.54) is 17.7 Å². The Morgan fingerprint density at radius 3 is 2.58 bits per heavy atom. The quantitative estimate of drug-likeness (QED) is 0.616. The van der Waals surface area contributed by atoms with Gasteiger partial charge in [0.05, 0.1) is 11.6 Å². The minimum Gasteiger partial charge on any atom is -0.347 e. The third kappa shape index (κ3) is 6.06. The summed E-state index contributed by atoms with van der Waals surface area (Å²) in [5.41, 5.74) is 8.10. The van der Waals surface area contributed by atoms with Gasteiger partial charge < -0.3 is 11.1 Å². The zero-order chi connectivity index (χ0) is 16.8. The summed E-state index contributed by atoms with van der Waals surface area (Å²) in [5, 5.41) is 9.61. The molecule has 1 aromatic carbocycles. The topological polar surface area (TPSA) is 98.7 Å². The molecule has 10 heteroatoms. The molecule has 0 bridgehead atoms. The van der Waals surface area contributed by atoms with Gasteiger partial charge in [-0.1, -0.05) is 24.3 Å². The van der Waals surface area contributed by atoms with Crippen LogP contribution in [0.4, 0.5) is 0 Å². The van der Waals surface area contributed by atoms with Crippen molar-refractivity contribution < 1.29 is 4.79 Å². The van der Waals surface area contributed by atoms with E-state index in [4.69, 9.17) is 5.73 Å². The lowest BCUT2D eigenvalue weighted by atomic mass is 10.1. The highest BCUT2D eigenvalue weighted by molar-refractivity contribution is 7.09. The first-order valence-electron chi connectivity index (χ1n) is 7.57. The van der Waals surface area contributed by atoms with Crippen LogP contribution in [0.3, 0.4) is 0 Å². The van der Waals surface area contributed by atoms with Gasteiger partial charge in [0.25, 0.3) is 5.91 Å². The number of thiazole rings is 1. The molecule has 1 amide bonds. The number of carbonyl (C=O) groups is 1. The molecular formula is C16H20Cl2N6OS. The summed E-state index contributed by atoms with van der Waals surface area (Å²) in [7, 11) is 0. The number of nitrogens with two attached hydrogens (primary N) is 1. The largest absolute Gasteiger partial charge is 0.347 e. The lowest BCUT2D eigenvalue weighted by Crippen LogP contribution is -2.23. The Morgan fingerprint density at radius 2 is 1.92 bits per heavy atom. The van der Waals surface area contributed by atoms with Gasteiger partial charge in [0.2, 0.25) is 0 Å². The van der Waals surface area contributed by atoms with Gasteiger partial charge in [-0.15, -0.1) is 36.2 Å². The molecule has 2 heterocycles. The van der Waals surface area contributed by atoms with E-state index in [9.17, 15) is 4.79 Å². The molecule has 0 atom stereocenters. The standard InChI is InChI=1S/C16H18N6OS.2ClH/c17-6-5-15-21-14(9-24-15)16(23)19-7-12-1-3-13(4-2-12)8-22-11-18-10-20-22;;/h1-4,9-11H,5-8,17H2,(H,19,23);2*1H. The molecule has 0 radical (unpaired) electrons. The maximum Gasteiger partial charge on any atom is 0.271 e. The van der Waals surface area contributed by atoms with Crippen LogP contribution in [0.1, 0.15) is 26.6 Å². The first-order chi connectivity index (χ1) is 11.7. The molecule has 0 saturated carbocycles. The van der Waals surface area contributed by atoms with Crippen LogP contribution in [0.5, 0.6) is 0 Å². The number of amides is 1. The van der Waals surface area contributed by atoms with E-state index in [0.29, 0.717) is 31.7 Å². The molecule has 0 saturated heterocycles. The highest BCUT2D eigenvalue weighted by Crippen LogP contribution is 2.10. The normalized spacial score (nSPS) is 9.88. The highest BCUT2D eigenvalue weighted by Gasteiger charge is 2.10. The summed E-state index contributed by atoms with van der Waals surface area (Å²) in [6, 6.07) is 8.03. The number of hydrogen-bond donors (Lipinski definition) is 2. The van der Waals surface area contributed by atoms with E-state index in [1.807, 2.05) is 24.3 Å². The van der Waals surface area contributed by atoms with Crippen molar-refractivity contribution in [3.8, 4) is 0 Å². The Labute approximate surface area is 167 Å². The van der Waals surface area contributed by atoms with Gasteiger partial charge in [0.15, 0.2) is 0 Å². The Hall–Kier alpha value is -2.00. The molecule has 0 fully saturated rings. The minimum absolute atomic E-state index is 0. The predicted molar refractivity (Wildman–Crippen MR) is 106 cm³/mol. The zero-order valence-corrected chi connectivity index (χ0v) is 16.3. The first kappa shape index (κ1) is 22.0. The number of hydrogen-bond acceptors (Lipinski definition) is 6. The summed E-state index contributed by atoms with van der Waals surface area (Å²) < 4.78 is 1.76. The van der Waals surface area contributed by atoms with Crippen LogP contribution in [0.2, 0.25) is 0 Å². The van der Waals surface area contributed by atoms with E-state index >= 15 is 0 Å². The molecule has 3 aromatic rings. The number of aromatic nitrogens is 4. The number of halogens is 2. The number of carbonyl (C=O) groups excluding carboxylic acids is 1. The third-order valence-corrected chi connectivity index (χ3v) is 4.34. The Bertz CT molecular complexity index is 791. The lowest BCUT2D eigenvalue weighted by molar-refractivity contribution is 0.0946. The summed E-state index contributed by atoms with van der Waals surface area (Å²) in [6.45, 7) is 1.68. The smallest absolute Gasteiger partial charge is 0.271 e. The van der Waals surface area contributed by atoms with Crippen molar-refractivity contribution in [1.82, 2.24) is 25.1 Å². The third-order valence-electron chi connectivity index (χ3n) is 3.43. The molecule has 2 aromatic heterocycles. The van der Waals surface area contributed by atoms with Crippen molar-refractivity contribution in [2.24, 2.45) is 5.73 Å². The SMILES string of the molecule is Cl.Cl.NCCc1nc(C(=O)NCc2ccc(Cn3cncn3)cc2)cs1. The molecule has 0 aliphatic rings. The van der Waals surface area contributed by atoms with Crippen LogP contribution in [0.25, 0.3) is 0 Å². The molecule has 0 aliphatic carbocycles. The summed E-state index contributed by atoms with van der Waals surface area (Å²) >= 11 is 1.46. The fourth-order valence-corrected chi connectivity index (χ4v) is 2.98. The van der Waals surface area contributed by atoms with Crippen LogP contribution in [-0.2, 0) is 19.5 Å². The van der Waals surface area contributed by atoms with E-state index < -0.39 is 0 Å². The predicted octanol–water partition coefficient (Wildman–Crippen LogP) is 2.06. The number of nitrogens with one attached hydrogen (secondary N) is 1. The molecule has 0 aliphatic heterocycles. The van der Waals surface area contributed by atoms with Crippen molar-refractivity contribution in [3.05, 3.63) is 64.1 Å². The average molecular weight is 415 g/mol. The molecule has 7 nitrogen and oxygen atoms in total. The van der Waals surface area contributed by atoms with Gasteiger partial charge in [-0.25, -0.2) is 14.6 Å². The van der Waals surface area contributed by atoms with Crippen LogP contribution in [-0.4, -0.2) is 32.2 Å². The van der Waals surface area contributed by atoms with Crippen LogP contribution in [0.15, 0.2) is 42.3 Å². The fourth-order valence-electron chi connectivity index (χ4n) is 2.19. The monoisotopic (exact) mass is 414 g/mol. The van der Waals surface area contributed by atoms with Crippen LogP contribution >= 0.6 is 36.2 Å². The summed E-state index contributed by atoms with van der Waals surface area (Å²) in [5.74, 6) is -0.166. The molecule has 0 unspecified atom stereocenters.